The summed E-state index contributed by atoms with van der Waals surface area (Å²) >= 11 is 1.44. The van der Waals surface area contributed by atoms with Gasteiger partial charge in [0.2, 0.25) is 5.91 Å². The summed E-state index contributed by atoms with van der Waals surface area (Å²) in [5.74, 6) is 0.829. The van der Waals surface area contributed by atoms with Crippen LogP contribution in [0.2, 0.25) is 0 Å². The van der Waals surface area contributed by atoms with E-state index in [0.29, 0.717) is 6.04 Å². The lowest BCUT2D eigenvalue weighted by molar-refractivity contribution is -0.120. The van der Waals surface area contributed by atoms with Crippen molar-refractivity contribution < 1.29 is 4.79 Å². The number of amides is 1. The van der Waals surface area contributed by atoms with Crippen LogP contribution in [0.15, 0.2) is 65.8 Å². The van der Waals surface area contributed by atoms with Crippen LogP contribution in [-0.4, -0.2) is 26.7 Å². The Balaban J connectivity index is 1.61. The molecule has 1 amide bonds. The maximum atomic E-state index is 12.8. The molecule has 1 N–H and O–H groups in total. The van der Waals surface area contributed by atoms with Crippen molar-refractivity contribution in [1.82, 2.24) is 20.1 Å². The van der Waals surface area contributed by atoms with Crippen LogP contribution in [0.1, 0.15) is 23.7 Å². The van der Waals surface area contributed by atoms with E-state index in [1.807, 2.05) is 72.3 Å². The van der Waals surface area contributed by atoms with Crippen LogP contribution in [0, 0.1) is 0 Å². The smallest absolute Gasteiger partial charge is 0.238 e. The van der Waals surface area contributed by atoms with E-state index in [0.717, 1.165) is 34.9 Å². The number of aromatic nitrogens is 3. The van der Waals surface area contributed by atoms with Gasteiger partial charge in [0.1, 0.15) is 5.25 Å². The molecule has 0 bridgehead atoms. The third kappa shape index (κ3) is 3.65. The van der Waals surface area contributed by atoms with E-state index in [1.165, 1.54) is 11.8 Å². The monoisotopic (exact) mass is 364 g/mol. The van der Waals surface area contributed by atoms with E-state index >= 15 is 0 Å². The molecule has 1 aliphatic carbocycles. The average molecular weight is 364 g/mol. The molecule has 0 radical (unpaired) electrons. The van der Waals surface area contributed by atoms with Gasteiger partial charge in [-0.05, 0) is 18.4 Å². The highest BCUT2D eigenvalue weighted by molar-refractivity contribution is 8.00. The van der Waals surface area contributed by atoms with E-state index in [-0.39, 0.29) is 11.2 Å². The van der Waals surface area contributed by atoms with Crippen LogP contribution in [0.25, 0.3) is 11.4 Å². The first-order valence-electron chi connectivity index (χ1n) is 8.69. The Hall–Kier alpha value is -2.60. The van der Waals surface area contributed by atoms with Crippen LogP contribution in [-0.2, 0) is 11.8 Å². The van der Waals surface area contributed by atoms with E-state index in [4.69, 9.17) is 0 Å². The van der Waals surface area contributed by atoms with Crippen molar-refractivity contribution in [3.63, 3.8) is 0 Å². The highest BCUT2D eigenvalue weighted by Gasteiger charge is 2.30. The normalized spacial score (nSPS) is 14.8. The molecule has 5 nitrogen and oxygen atoms in total. The fraction of sp³-hybridized carbons (Fsp3) is 0.250. The molecule has 26 heavy (non-hydrogen) atoms. The minimum absolute atomic E-state index is 0.0351. The van der Waals surface area contributed by atoms with Gasteiger partial charge in [0.05, 0.1) is 0 Å². The average Bonchev–Trinajstić information content (AvgIpc) is 3.42. The van der Waals surface area contributed by atoms with Crippen LogP contribution in [0.4, 0.5) is 0 Å². The number of carbonyl (C=O) groups is 1. The van der Waals surface area contributed by atoms with Gasteiger partial charge in [-0.15, -0.1) is 10.2 Å². The van der Waals surface area contributed by atoms with Gasteiger partial charge in [-0.3, -0.25) is 4.79 Å². The van der Waals surface area contributed by atoms with Gasteiger partial charge in [-0.25, -0.2) is 0 Å². The first kappa shape index (κ1) is 16.8. The van der Waals surface area contributed by atoms with Gasteiger partial charge >= 0.3 is 0 Å². The van der Waals surface area contributed by atoms with Gasteiger partial charge in [-0.2, -0.15) is 0 Å². The molecule has 0 saturated heterocycles. The fourth-order valence-corrected chi connectivity index (χ4v) is 3.78. The summed E-state index contributed by atoms with van der Waals surface area (Å²) in [5, 5.41) is 12.2. The zero-order valence-corrected chi connectivity index (χ0v) is 15.3. The van der Waals surface area contributed by atoms with Gasteiger partial charge in [0.25, 0.3) is 0 Å². The summed E-state index contributed by atoms with van der Waals surface area (Å²) in [6.07, 6.45) is 2.14. The Morgan fingerprint density at radius 3 is 2.38 bits per heavy atom. The third-order valence-electron chi connectivity index (χ3n) is 4.35. The van der Waals surface area contributed by atoms with Crippen molar-refractivity contribution in [3.8, 4) is 11.4 Å². The summed E-state index contributed by atoms with van der Waals surface area (Å²) in [5.41, 5.74) is 1.98. The summed E-state index contributed by atoms with van der Waals surface area (Å²) in [7, 11) is 1.94. The van der Waals surface area contributed by atoms with Crippen LogP contribution < -0.4 is 5.32 Å². The van der Waals surface area contributed by atoms with E-state index in [2.05, 4.69) is 15.5 Å². The number of hydrogen-bond donors (Lipinski definition) is 1. The molecule has 6 heteroatoms. The summed E-state index contributed by atoms with van der Waals surface area (Å²) in [6.45, 7) is 0. The molecule has 1 aromatic heterocycles. The summed E-state index contributed by atoms with van der Waals surface area (Å²) in [4.78, 5) is 12.8. The van der Waals surface area contributed by atoms with Gasteiger partial charge in [0.15, 0.2) is 11.0 Å². The molecule has 1 fully saturated rings. The van der Waals surface area contributed by atoms with Crippen LogP contribution >= 0.6 is 11.8 Å². The fourth-order valence-electron chi connectivity index (χ4n) is 2.77. The molecule has 1 unspecified atom stereocenters. The topological polar surface area (TPSA) is 59.8 Å². The number of thioether (sulfide) groups is 1. The molecule has 1 atom stereocenters. The Kier molecular flexibility index (Phi) is 4.75. The SMILES string of the molecule is Cn1c(SC(C(=O)NC2CC2)c2ccccc2)nnc1-c1ccccc1. The maximum Gasteiger partial charge on any atom is 0.238 e. The quantitative estimate of drug-likeness (QED) is 0.679. The van der Waals surface area contributed by atoms with E-state index in [9.17, 15) is 4.79 Å². The third-order valence-corrected chi connectivity index (χ3v) is 5.64. The largest absolute Gasteiger partial charge is 0.352 e. The zero-order chi connectivity index (χ0) is 17.9. The van der Waals surface area contributed by atoms with E-state index in [1.54, 1.807) is 0 Å². The number of rotatable bonds is 6. The Morgan fingerprint density at radius 1 is 1.08 bits per heavy atom. The molecule has 4 rings (SSSR count). The minimum atomic E-state index is -0.344. The molecule has 132 valence electrons. The number of nitrogens with one attached hydrogen (secondary N) is 1. The number of benzene rings is 2. The first-order chi connectivity index (χ1) is 12.7. The van der Waals surface area contributed by atoms with Gasteiger partial charge < -0.3 is 9.88 Å². The second-order valence-corrected chi connectivity index (χ2v) is 7.49. The number of carbonyl (C=O) groups excluding carboxylic acids is 1. The molecule has 3 aromatic rings. The highest BCUT2D eigenvalue weighted by atomic mass is 32.2. The van der Waals surface area contributed by atoms with Crippen molar-refractivity contribution in [2.75, 3.05) is 0 Å². The lowest BCUT2D eigenvalue weighted by atomic mass is 10.1. The molecule has 1 saturated carbocycles. The Bertz CT molecular complexity index is 891. The molecule has 0 spiro atoms. The molecule has 2 aromatic carbocycles. The van der Waals surface area contributed by atoms with Crippen LogP contribution in [0.3, 0.4) is 0 Å². The Morgan fingerprint density at radius 2 is 1.73 bits per heavy atom. The zero-order valence-electron chi connectivity index (χ0n) is 14.5. The standard InChI is InChI=1S/C20H20N4OS/c1-24-18(15-10-6-3-7-11-15)22-23-20(24)26-17(14-8-4-2-5-9-14)19(25)21-16-12-13-16/h2-11,16-17H,12-13H2,1H3,(H,21,25). The minimum Gasteiger partial charge on any atom is -0.352 e. The lowest BCUT2D eigenvalue weighted by Crippen LogP contribution is -2.29. The van der Waals surface area contributed by atoms with E-state index < -0.39 is 0 Å². The maximum absolute atomic E-state index is 12.8. The molecule has 1 aliphatic rings. The number of nitrogens with zero attached hydrogens (tertiary/aromatic N) is 3. The summed E-state index contributed by atoms with van der Waals surface area (Å²) in [6, 6.07) is 20.1. The Labute approximate surface area is 156 Å². The molecule has 1 heterocycles. The second-order valence-electron chi connectivity index (χ2n) is 6.42. The predicted octanol–water partition coefficient (Wildman–Crippen LogP) is 3.59. The molecular weight excluding hydrogens is 344 g/mol. The number of hydrogen-bond acceptors (Lipinski definition) is 4. The van der Waals surface area contributed by atoms with Crippen molar-refractivity contribution in [3.05, 3.63) is 66.2 Å². The van der Waals surface area contributed by atoms with Crippen molar-refractivity contribution in [2.24, 2.45) is 7.05 Å². The van der Waals surface area contributed by atoms with Gasteiger partial charge in [0, 0.05) is 18.7 Å². The van der Waals surface area contributed by atoms with Crippen molar-refractivity contribution in [2.45, 2.75) is 29.3 Å². The summed E-state index contributed by atoms with van der Waals surface area (Å²) < 4.78 is 1.94. The predicted molar refractivity (Wildman–Crippen MR) is 103 cm³/mol. The highest BCUT2D eigenvalue weighted by Crippen LogP contribution is 2.36. The first-order valence-corrected chi connectivity index (χ1v) is 9.57. The molecular formula is C20H20N4OS. The molecule has 0 aliphatic heterocycles. The second kappa shape index (κ2) is 7.33. The van der Waals surface area contributed by atoms with Crippen molar-refractivity contribution >= 4 is 17.7 Å². The lowest BCUT2D eigenvalue weighted by Gasteiger charge is -2.16. The van der Waals surface area contributed by atoms with Gasteiger partial charge in [-0.1, -0.05) is 72.4 Å². The van der Waals surface area contributed by atoms with Crippen molar-refractivity contribution in [1.29, 1.82) is 0 Å². The van der Waals surface area contributed by atoms with Crippen LogP contribution in [0.5, 0.6) is 0 Å².